The predicted molar refractivity (Wildman–Crippen MR) is 237 cm³/mol. The lowest BCUT2D eigenvalue weighted by molar-refractivity contribution is 0.0234. The zero-order valence-corrected chi connectivity index (χ0v) is 33.3. The summed E-state index contributed by atoms with van der Waals surface area (Å²) in [6, 6.07) is 46.4. The Bertz CT molecular complexity index is 2820. The first-order chi connectivity index (χ1) is 28.7. The van der Waals surface area contributed by atoms with Gasteiger partial charge < -0.3 is 42.7 Å². The highest BCUT2D eigenvalue weighted by molar-refractivity contribution is 6.12. The first kappa shape index (κ1) is 37.9. The van der Waals surface area contributed by atoms with Crippen LogP contribution in [0.5, 0.6) is 0 Å². The van der Waals surface area contributed by atoms with Crippen LogP contribution in [0.15, 0.2) is 127 Å². The number of fused-ring (bicyclic) bond motifs is 9. The van der Waals surface area contributed by atoms with Crippen molar-refractivity contribution in [2.24, 2.45) is 0 Å². The van der Waals surface area contributed by atoms with Crippen LogP contribution in [0.25, 0.3) is 65.4 Å². The van der Waals surface area contributed by atoms with E-state index in [1.54, 1.807) is 7.11 Å². The molecule has 0 saturated carbocycles. The number of aromatic amines is 1. The molecule has 0 saturated heterocycles. The van der Waals surface area contributed by atoms with Gasteiger partial charge in [-0.25, -0.2) is 0 Å². The van der Waals surface area contributed by atoms with Gasteiger partial charge in [0.1, 0.15) is 0 Å². The lowest BCUT2D eigenvalue weighted by Gasteiger charge is -2.26. The van der Waals surface area contributed by atoms with E-state index in [2.05, 4.69) is 146 Å². The van der Waals surface area contributed by atoms with Crippen molar-refractivity contribution >= 4 is 82.5 Å². The van der Waals surface area contributed by atoms with Crippen LogP contribution in [0.1, 0.15) is 6.92 Å². The molecule has 9 aromatic rings. The second-order valence-corrected chi connectivity index (χ2v) is 14.5. The van der Waals surface area contributed by atoms with Crippen molar-refractivity contribution in [1.29, 1.82) is 0 Å². The number of benzene rings is 6. The standard InChI is InChI=1S/C49H50N4O5/c1-3-55-28-29-56-24-22-51-46-14-8-5-11-39(46)42-33-36(17-20-48(42)51)53(35-16-19-45-41(32-35)38-10-4-7-13-44(38)50-45)37-18-21-49-43(34-37)40-12-6-9-15-47(40)52(49)23-25-57-30-31-58-27-26-54-2/h4-21,32-34,50H,3,22-31H2,1-2H3. The summed E-state index contributed by atoms with van der Waals surface area (Å²) in [5, 5.41) is 7.27. The van der Waals surface area contributed by atoms with Crippen molar-refractivity contribution in [2.75, 3.05) is 71.5 Å². The maximum absolute atomic E-state index is 6.02. The lowest BCUT2D eigenvalue weighted by Crippen LogP contribution is -2.12. The van der Waals surface area contributed by atoms with Gasteiger partial charge in [-0.2, -0.15) is 0 Å². The molecule has 0 bridgehead atoms. The van der Waals surface area contributed by atoms with E-state index in [1.807, 2.05) is 6.92 Å². The molecule has 0 spiro atoms. The summed E-state index contributed by atoms with van der Waals surface area (Å²) in [6.45, 7) is 8.86. The third kappa shape index (κ3) is 7.43. The van der Waals surface area contributed by atoms with Gasteiger partial charge in [0.05, 0.1) is 52.9 Å². The molecule has 0 aliphatic rings. The minimum Gasteiger partial charge on any atom is -0.382 e. The Balaban J connectivity index is 1.12. The maximum Gasteiger partial charge on any atom is 0.0701 e. The first-order valence-corrected chi connectivity index (χ1v) is 20.4. The van der Waals surface area contributed by atoms with Gasteiger partial charge in [-0.15, -0.1) is 0 Å². The van der Waals surface area contributed by atoms with Gasteiger partial charge in [0.15, 0.2) is 0 Å². The van der Waals surface area contributed by atoms with Gasteiger partial charge in [-0.1, -0.05) is 54.6 Å². The molecule has 9 nitrogen and oxygen atoms in total. The zero-order chi connectivity index (χ0) is 39.3. The number of aromatic nitrogens is 3. The highest BCUT2D eigenvalue weighted by Gasteiger charge is 2.20. The minimum absolute atomic E-state index is 0.548. The summed E-state index contributed by atoms with van der Waals surface area (Å²) < 4.78 is 32.9. The first-order valence-electron chi connectivity index (χ1n) is 20.4. The number of nitrogens with one attached hydrogen (secondary N) is 1. The van der Waals surface area contributed by atoms with Crippen LogP contribution >= 0.6 is 0 Å². The maximum atomic E-state index is 6.02. The molecule has 0 radical (unpaired) electrons. The Kier molecular flexibility index (Phi) is 11.4. The number of rotatable bonds is 19. The molecule has 0 atom stereocenters. The quantitative estimate of drug-likeness (QED) is 0.0825. The van der Waals surface area contributed by atoms with Crippen molar-refractivity contribution in [3.63, 3.8) is 0 Å². The molecule has 1 N–H and O–H groups in total. The number of H-pyrrole nitrogens is 1. The molecule has 0 unspecified atom stereocenters. The summed E-state index contributed by atoms with van der Waals surface area (Å²) in [5.74, 6) is 0. The van der Waals surface area contributed by atoms with Gasteiger partial charge in [-0.05, 0) is 79.7 Å². The van der Waals surface area contributed by atoms with E-state index in [1.165, 1.54) is 54.4 Å². The molecule has 9 rings (SSSR count). The summed E-state index contributed by atoms with van der Waals surface area (Å²) in [7, 11) is 1.68. The van der Waals surface area contributed by atoms with E-state index in [9.17, 15) is 0 Å². The molecule has 296 valence electrons. The van der Waals surface area contributed by atoms with Crippen molar-refractivity contribution in [3.8, 4) is 0 Å². The lowest BCUT2D eigenvalue weighted by atomic mass is 10.1. The predicted octanol–water partition coefficient (Wildman–Crippen LogP) is 10.7. The summed E-state index contributed by atoms with van der Waals surface area (Å²) in [5.41, 5.74) is 10.3. The Morgan fingerprint density at radius 1 is 0.431 bits per heavy atom. The van der Waals surface area contributed by atoms with E-state index < -0.39 is 0 Å². The van der Waals surface area contributed by atoms with Crippen molar-refractivity contribution < 1.29 is 23.7 Å². The molecule has 3 heterocycles. The number of nitrogens with zero attached hydrogens (tertiary/aromatic N) is 3. The summed E-state index contributed by atoms with van der Waals surface area (Å²) >= 11 is 0. The highest BCUT2D eigenvalue weighted by Crippen LogP contribution is 2.42. The topological polar surface area (TPSA) is 75.0 Å². The SMILES string of the molecule is CCOCCOCCn1c2ccccc2c2cc(N(c3ccc4[nH]c5ccccc5c4c3)c3ccc4c(c3)c3ccccc3n4CCOCCOCCOC)ccc21. The van der Waals surface area contributed by atoms with E-state index in [0.717, 1.165) is 41.2 Å². The fraction of sp³-hybridized carbons (Fsp3) is 0.265. The van der Waals surface area contributed by atoms with Gasteiger partial charge in [0.25, 0.3) is 0 Å². The third-order valence-electron chi connectivity index (χ3n) is 11.1. The summed E-state index contributed by atoms with van der Waals surface area (Å²) in [4.78, 5) is 6.03. The molecule has 0 fully saturated rings. The van der Waals surface area contributed by atoms with Crippen LogP contribution in [0.4, 0.5) is 17.1 Å². The van der Waals surface area contributed by atoms with Crippen LogP contribution in [-0.2, 0) is 36.8 Å². The normalized spacial score (nSPS) is 12.0. The van der Waals surface area contributed by atoms with Crippen LogP contribution < -0.4 is 4.90 Å². The smallest absolute Gasteiger partial charge is 0.0701 e. The monoisotopic (exact) mass is 774 g/mol. The number of para-hydroxylation sites is 3. The Morgan fingerprint density at radius 3 is 1.47 bits per heavy atom. The molecule has 0 aliphatic heterocycles. The molecule has 58 heavy (non-hydrogen) atoms. The highest BCUT2D eigenvalue weighted by atomic mass is 16.5. The molecule has 9 heteroatoms. The van der Waals surface area contributed by atoms with E-state index in [-0.39, 0.29) is 0 Å². The van der Waals surface area contributed by atoms with Gasteiger partial charge >= 0.3 is 0 Å². The van der Waals surface area contributed by atoms with Gasteiger partial charge in [0, 0.05) is 109 Å². The fourth-order valence-corrected chi connectivity index (χ4v) is 8.41. The van der Waals surface area contributed by atoms with Crippen LogP contribution in [-0.4, -0.2) is 80.7 Å². The van der Waals surface area contributed by atoms with E-state index in [0.29, 0.717) is 59.5 Å². The Labute approximate surface area is 338 Å². The third-order valence-corrected chi connectivity index (χ3v) is 11.1. The van der Waals surface area contributed by atoms with E-state index in [4.69, 9.17) is 23.7 Å². The van der Waals surface area contributed by atoms with E-state index >= 15 is 0 Å². The second-order valence-electron chi connectivity index (χ2n) is 14.5. The van der Waals surface area contributed by atoms with Crippen LogP contribution in [0, 0.1) is 0 Å². The van der Waals surface area contributed by atoms with Crippen molar-refractivity contribution in [1.82, 2.24) is 14.1 Å². The van der Waals surface area contributed by atoms with Crippen LogP contribution in [0.2, 0.25) is 0 Å². The fourth-order valence-electron chi connectivity index (χ4n) is 8.41. The molecule has 0 aliphatic carbocycles. The molecule has 0 amide bonds. The average Bonchev–Trinajstić information content (AvgIpc) is 3.90. The molecular weight excluding hydrogens is 725 g/mol. The van der Waals surface area contributed by atoms with Crippen molar-refractivity contribution in [3.05, 3.63) is 127 Å². The number of ether oxygens (including phenoxy) is 5. The Hall–Kier alpha value is -5.68. The zero-order valence-electron chi connectivity index (χ0n) is 33.3. The number of hydrogen-bond acceptors (Lipinski definition) is 6. The van der Waals surface area contributed by atoms with Gasteiger partial charge in [0.2, 0.25) is 0 Å². The number of anilines is 3. The second kappa shape index (κ2) is 17.4. The molecular formula is C49H50N4O5. The minimum atomic E-state index is 0.548. The van der Waals surface area contributed by atoms with Crippen LogP contribution in [0.3, 0.4) is 0 Å². The number of methoxy groups -OCH3 is 1. The Morgan fingerprint density at radius 2 is 0.879 bits per heavy atom. The molecule has 3 aromatic heterocycles. The summed E-state index contributed by atoms with van der Waals surface area (Å²) in [6.07, 6.45) is 0. The largest absolute Gasteiger partial charge is 0.382 e. The molecule has 6 aromatic carbocycles. The van der Waals surface area contributed by atoms with Crippen molar-refractivity contribution in [2.45, 2.75) is 20.0 Å². The van der Waals surface area contributed by atoms with Gasteiger partial charge in [-0.3, -0.25) is 0 Å². The average molecular weight is 775 g/mol. The number of hydrogen-bond donors (Lipinski definition) is 1.